The maximum absolute atomic E-state index is 14.3. The molecule has 3 aromatic rings. The van der Waals surface area contributed by atoms with Crippen molar-refractivity contribution in [1.29, 1.82) is 0 Å². The highest BCUT2D eigenvalue weighted by molar-refractivity contribution is 5.65. The van der Waals surface area contributed by atoms with E-state index < -0.39 is 0 Å². The lowest BCUT2D eigenvalue weighted by atomic mass is 9.82. The summed E-state index contributed by atoms with van der Waals surface area (Å²) in [4.78, 5) is 0. The summed E-state index contributed by atoms with van der Waals surface area (Å²) >= 11 is 0. The van der Waals surface area contributed by atoms with Crippen molar-refractivity contribution in [2.24, 2.45) is 11.8 Å². The van der Waals surface area contributed by atoms with Gasteiger partial charge in [-0.15, -0.1) is 0 Å². The van der Waals surface area contributed by atoms with Crippen LogP contribution in [0.1, 0.15) is 60.8 Å². The molecule has 0 bridgehead atoms. The molecular formula is C29H31FO. The zero-order valence-corrected chi connectivity index (χ0v) is 18.7. The fourth-order valence-corrected chi connectivity index (χ4v) is 5.29. The van der Waals surface area contributed by atoms with E-state index in [1.165, 1.54) is 29.5 Å². The molecule has 0 saturated heterocycles. The van der Waals surface area contributed by atoms with Crippen molar-refractivity contribution in [2.45, 2.75) is 51.9 Å². The second-order valence-corrected chi connectivity index (χ2v) is 9.79. The maximum atomic E-state index is 14.3. The molecule has 1 aliphatic heterocycles. The molecule has 0 aromatic heterocycles. The number of benzene rings is 3. The summed E-state index contributed by atoms with van der Waals surface area (Å²) in [7, 11) is 0. The Morgan fingerprint density at radius 1 is 0.935 bits per heavy atom. The van der Waals surface area contributed by atoms with Gasteiger partial charge in [0, 0.05) is 11.5 Å². The summed E-state index contributed by atoms with van der Waals surface area (Å²) in [6.45, 7) is 7.39. The van der Waals surface area contributed by atoms with Crippen LogP contribution >= 0.6 is 0 Å². The SMILES string of the molecule is Cc1ccc(F)c(-c2ccc(C3COc4ccc([C@@H](C(C)C)C5CC5)cc4C3)cc2)c1. The van der Waals surface area contributed by atoms with Crippen molar-refractivity contribution in [3.8, 4) is 16.9 Å². The number of aryl methyl sites for hydroxylation is 1. The number of hydrogen-bond donors (Lipinski definition) is 0. The zero-order valence-electron chi connectivity index (χ0n) is 18.7. The molecule has 1 heterocycles. The van der Waals surface area contributed by atoms with Crippen LogP contribution in [0.15, 0.2) is 60.7 Å². The first-order chi connectivity index (χ1) is 15.0. The average Bonchev–Trinajstić information content (AvgIpc) is 3.60. The topological polar surface area (TPSA) is 9.23 Å². The predicted octanol–water partition coefficient (Wildman–Crippen LogP) is 7.67. The van der Waals surface area contributed by atoms with Crippen LogP contribution in [0.4, 0.5) is 4.39 Å². The fourth-order valence-electron chi connectivity index (χ4n) is 5.29. The van der Waals surface area contributed by atoms with Gasteiger partial charge in [0.15, 0.2) is 0 Å². The van der Waals surface area contributed by atoms with E-state index in [0.717, 1.165) is 29.2 Å². The van der Waals surface area contributed by atoms with E-state index in [9.17, 15) is 4.39 Å². The van der Waals surface area contributed by atoms with Gasteiger partial charge in [-0.2, -0.15) is 0 Å². The molecule has 160 valence electrons. The molecule has 0 spiro atoms. The minimum absolute atomic E-state index is 0.170. The Morgan fingerprint density at radius 2 is 1.71 bits per heavy atom. The van der Waals surface area contributed by atoms with Gasteiger partial charge in [0.1, 0.15) is 11.6 Å². The maximum Gasteiger partial charge on any atom is 0.131 e. The first kappa shape index (κ1) is 20.3. The number of hydrogen-bond acceptors (Lipinski definition) is 1. The van der Waals surface area contributed by atoms with Crippen molar-refractivity contribution >= 4 is 0 Å². The Morgan fingerprint density at radius 3 is 2.42 bits per heavy atom. The number of halogens is 1. The molecular weight excluding hydrogens is 383 g/mol. The third-order valence-corrected chi connectivity index (χ3v) is 7.04. The number of ether oxygens (including phenoxy) is 1. The number of rotatable bonds is 5. The lowest BCUT2D eigenvalue weighted by Crippen LogP contribution is -2.20. The molecule has 1 saturated carbocycles. The standard InChI is InChI=1S/C29H31FO/c1-18(2)29(22-9-10-22)23-11-13-28-24(15-23)16-25(17-31-28)20-5-7-21(8-6-20)26-14-19(3)4-12-27(26)30/h4-8,11-15,18,22,25,29H,9-10,16-17H2,1-3H3/t25?,29-/m0/s1. The smallest absolute Gasteiger partial charge is 0.131 e. The average molecular weight is 415 g/mol. The van der Waals surface area contributed by atoms with Crippen LogP contribution in [0.25, 0.3) is 11.1 Å². The Hall–Kier alpha value is -2.61. The van der Waals surface area contributed by atoms with Crippen LogP contribution in [-0.4, -0.2) is 6.61 Å². The van der Waals surface area contributed by atoms with E-state index in [4.69, 9.17) is 4.74 Å². The largest absolute Gasteiger partial charge is 0.493 e. The monoisotopic (exact) mass is 414 g/mol. The molecule has 3 aromatic carbocycles. The van der Waals surface area contributed by atoms with Gasteiger partial charge in [-0.1, -0.05) is 61.9 Å². The van der Waals surface area contributed by atoms with Gasteiger partial charge in [-0.05, 0) is 84.4 Å². The zero-order chi connectivity index (χ0) is 21.5. The summed E-state index contributed by atoms with van der Waals surface area (Å²) in [6.07, 6.45) is 3.73. The molecule has 0 radical (unpaired) electrons. The third kappa shape index (κ3) is 4.13. The molecule has 2 aliphatic rings. The molecule has 2 atom stereocenters. The van der Waals surface area contributed by atoms with Crippen LogP contribution in [0.3, 0.4) is 0 Å². The van der Waals surface area contributed by atoms with E-state index >= 15 is 0 Å². The Kier molecular flexibility index (Phi) is 5.33. The Balaban J connectivity index is 1.37. The van der Waals surface area contributed by atoms with Crippen LogP contribution in [0, 0.1) is 24.6 Å². The fraction of sp³-hybridized carbons (Fsp3) is 0.379. The summed E-state index contributed by atoms with van der Waals surface area (Å²) in [5.41, 5.74) is 6.73. The van der Waals surface area contributed by atoms with Crippen LogP contribution < -0.4 is 4.74 Å². The van der Waals surface area contributed by atoms with Crippen LogP contribution in [0.2, 0.25) is 0 Å². The van der Waals surface area contributed by atoms with Gasteiger partial charge in [0.2, 0.25) is 0 Å². The van der Waals surface area contributed by atoms with E-state index in [1.54, 1.807) is 6.07 Å². The van der Waals surface area contributed by atoms with Gasteiger partial charge in [-0.25, -0.2) is 4.39 Å². The van der Waals surface area contributed by atoms with Gasteiger partial charge in [0.05, 0.1) is 6.61 Å². The number of fused-ring (bicyclic) bond motifs is 1. The van der Waals surface area contributed by atoms with Crippen molar-refractivity contribution in [3.05, 3.63) is 88.7 Å². The lowest BCUT2D eigenvalue weighted by molar-refractivity contribution is 0.262. The van der Waals surface area contributed by atoms with Crippen LogP contribution in [-0.2, 0) is 6.42 Å². The van der Waals surface area contributed by atoms with Gasteiger partial charge in [-0.3, -0.25) is 0 Å². The quantitative estimate of drug-likeness (QED) is 0.416. The van der Waals surface area contributed by atoms with E-state index in [1.807, 2.05) is 31.2 Å². The Labute approximate surface area is 185 Å². The van der Waals surface area contributed by atoms with Gasteiger partial charge < -0.3 is 4.74 Å². The first-order valence-electron chi connectivity index (χ1n) is 11.6. The third-order valence-electron chi connectivity index (χ3n) is 7.04. The van der Waals surface area contributed by atoms with E-state index in [-0.39, 0.29) is 5.82 Å². The molecule has 1 nitrogen and oxygen atoms in total. The highest BCUT2D eigenvalue weighted by atomic mass is 19.1. The summed E-state index contributed by atoms with van der Waals surface area (Å²) in [5.74, 6) is 3.38. The molecule has 5 rings (SSSR count). The normalized spacial score (nSPS) is 19.1. The lowest BCUT2D eigenvalue weighted by Gasteiger charge is -2.28. The van der Waals surface area contributed by atoms with Gasteiger partial charge >= 0.3 is 0 Å². The molecule has 1 unspecified atom stereocenters. The first-order valence-corrected chi connectivity index (χ1v) is 11.6. The molecule has 1 aliphatic carbocycles. The molecule has 2 heteroatoms. The van der Waals surface area contributed by atoms with Crippen molar-refractivity contribution in [1.82, 2.24) is 0 Å². The minimum Gasteiger partial charge on any atom is -0.493 e. The molecule has 1 fully saturated rings. The summed E-state index contributed by atoms with van der Waals surface area (Å²) in [6, 6.07) is 20.5. The summed E-state index contributed by atoms with van der Waals surface area (Å²) < 4.78 is 20.4. The van der Waals surface area contributed by atoms with Crippen LogP contribution in [0.5, 0.6) is 5.75 Å². The molecule has 31 heavy (non-hydrogen) atoms. The highest BCUT2D eigenvalue weighted by Gasteiger charge is 2.35. The minimum atomic E-state index is -0.170. The molecule has 0 amide bonds. The van der Waals surface area contributed by atoms with Crippen molar-refractivity contribution < 1.29 is 9.13 Å². The second kappa shape index (κ2) is 8.15. The van der Waals surface area contributed by atoms with Gasteiger partial charge in [0.25, 0.3) is 0 Å². The second-order valence-electron chi connectivity index (χ2n) is 9.79. The van der Waals surface area contributed by atoms with Crippen molar-refractivity contribution in [3.63, 3.8) is 0 Å². The molecule has 0 N–H and O–H groups in total. The Bertz CT molecular complexity index is 1080. The summed E-state index contributed by atoms with van der Waals surface area (Å²) in [5, 5.41) is 0. The van der Waals surface area contributed by atoms with E-state index in [0.29, 0.717) is 29.9 Å². The predicted molar refractivity (Wildman–Crippen MR) is 125 cm³/mol. The van der Waals surface area contributed by atoms with E-state index in [2.05, 4.69) is 44.2 Å². The highest BCUT2D eigenvalue weighted by Crippen LogP contribution is 2.47. The van der Waals surface area contributed by atoms with Crippen molar-refractivity contribution in [2.75, 3.05) is 6.61 Å².